The molecule has 2 heteroatoms. The van der Waals surface area contributed by atoms with Gasteiger partial charge in [-0.05, 0) is 44.4 Å². The molecule has 0 bridgehead atoms. The molecule has 0 saturated heterocycles. The predicted octanol–water partition coefficient (Wildman–Crippen LogP) is 5.14. The SMILES string of the molecule is C/C=C\c1oc2c(C/C=C\C=NC)c(C)ccc2c1CC. The Bertz CT molecular complexity index is 702. The molecule has 0 aliphatic rings. The highest BCUT2D eigenvalue weighted by Gasteiger charge is 2.14. The predicted molar refractivity (Wildman–Crippen MR) is 92.3 cm³/mol. The second-order valence-corrected chi connectivity index (χ2v) is 5.08. The van der Waals surface area contributed by atoms with E-state index >= 15 is 0 Å². The van der Waals surface area contributed by atoms with Crippen LogP contribution >= 0.6 is 0 Å². The van der Waals surface area contributed by atoms with E-state index in [1.165, 1.54) is 22.1 Å². The number of hydrogen-bond donors (Lipinski definition) is 0. The zero-order valence-corrected chi connectivity index (χ0v) is 13.3. The first-order chi connectivity index (χ1) is 10.2. The lowest BCUT2D eigenvalue weighted by molar-refractivity contribution is 0.595. The molecule has 110 valence electrons. The third-order valence-corrected chi connectivity index (χ3v) is 3.69. The van der Waals surface area contributed by atoms with E-state index in [1.54, 1.807) is 13.3 Å². The van der Waals surface area contributed by atoms with Crippen LogP contribution in [0.2, 0.25) is 0 Å². The molecular weight excluding hydrogens is 258 g/mol. The third-order valence-electron chi connectivity index (χ3n) is 3.69. The smallest absolute Gasteiger partial charge is 0.138 e. The van der Waals surface area contributed by atoms with Gasteiger partial charge in [0.2, 0.25) is 0 Å². The molecule has 1 aromatic carbocycles. The highest BCUT2D eigenvalue weighted by atomic mass is 16.3. The Morgan fingerprint density at radius 1 is 1.24 bits per heavy atom. The summed E-state index contributed by atoms with van der Waals surface area (Å²) in [4.78, 5) is 3.96. The molecule has 0 radical (unpaired) electrons. The maximum atomic E-state index is 6.15. The van der Waals surface area contributed by atoms with Crippen molar-refractivity contribution in [3.63, 3.8) is 0 Å². The van der Waals surface area contributed by atoms with Gasteiger partial charge in [0.15, 0.2) is 0 Å². The fourth-order valence-corrected chi connectivity index (χ4v) is 2.62. The average Bonchev–Trinajstić information content (AvgIpc) is 2.83. The van der Waals surface area contributed by atoms with Crippen LogP contribution in [0.5, 0.6) is 0 Å². The first-order valence-electron chi connectivity index (χ1n) is 7.46. The van der Waals surface area contributed by atoms with Crippen molar-refractivity contribution in [2.45, 2.75) is 33.6 Å². The minimum absolute atomic E-state index is 0.862. The van der Waals surface area contributed by atoms with Crippen LogP contribution in [0, 0.1) is 6.92 Å². The molecule has 0 spiro atoms. The maximum absolute atomic E-state index is 6.15. The molecular formula is C19H23NO. The molecule has 0 N–H and O–H groups in total. The number of fused-ring (bicyclic) bond motifs is 1. The Balaban J connectivity index is 2.56. The van der Waals surface area contributed by atoms with Gasteiger partial charge in [0.25, 0.3) is 0 Å². The molecule has 2 aromatic rings. The van der Waals surface area contributed by atoms with E-state index in [0.717, 1.165) is 24.2 Å². The van der Waals surface area contributed by atoms with E-state index in [1.807, 2.05) is 19.1 Å². The summed E-state index contributed by atoms with van der Waals surface area (Å²) < 4.78 is 6.15. The third kappa shape index (κ3) is 3.15. The maximum Gasteiger partial charge on any atom is 0.138 e. The molecule has 2 rings (SSSR count). The minimum atomic E-state index is 0.862. The van der Waals surface area contributed by atoms with Gasteiger partial charge in [0.05, 0.1) is 0 Å². The highest BCUT2D eigenvalue weighted by Crippen LogP contribution is 2.32. The van der Waals surface area contributed by atoms with Gasteiger partial charge >= 0.3 is 0 Å². The highest BCUT2D eigenvalue weighted by molar-refractivity contribution is 5.88. The van der Waals surface area contributed by atoms with Crippen molar-refractivity contribution >= 4 is 23.3 Å². The molecule has 0 atom stereocenters. The molecule has 0 fully saturated rings. The number of furan rings is 1. The topological polar surface area (TPSA) is 25.5 Å². The van der Waals surface area contributed by atoms with Crippen molar-refractivity contribution < 1.29 is 4.42 Å². The number of aryl methyl sites for hydroxylation is 2. The van der Waals surface area contributed by atoms with E-state index in [-0.39, 0.29) is 0 Å². The van der Waals surface area contributed by atoms with Gasteiger partial charge in [-0.2, -0.15) is 0 Å². The minimum Gasteiger partial charge on any atom is -0.456 e. The van der Waals surface area contributed by atoms with Crippen molar-refractivity contribution in [1.29, 1.82) is 0 Å². The van der Waals surface area contributed by atoms with Crippen LogP contribution in [0.25, 0.3) is 17.0 Å². The first-order valence-corrected chi connectivity index (χ1v) is 7.46. The lowest BCUT2D eigenvalue weighted by Gasteiger charge is -2.04. The lowest BCUT2D eigenvalue weighted by atomic mass is 9.99. The number of allylic oxidation sites excluding steroid dienone is 3. The van der Waals surface area contributed by atoms with Gasteiger partial charge < -0.3 is 4.42 Å². The zero-order chi connectivity index (χ0) is 15.2. The van der Waals surface area contributed by atoms with Crippen LogP contribution in [0.4, 0.5) is 0 Å². The van der Waals surface area contributed by atoms with Gasteiger partial charge in [-0.3, -0.25) is 4.99 Å². The molecule has 0 amide bonds. The summed E-state index contributed by atoms with van der Waals surface area (Å²) in [6.07, 6.45) is 11.8. The molecule has 0 aliphatic carbocycles. The lowest BCUT2D eigenvalue weighted by Crippen LogP contribution is -1.89. The second kappa shape index (κ2) is 7.07. The fraction of sp³-hybridized carbons (Fsp3) is 0.316. The Morgan fingerprint density at radius 3 is 2.71 bits per heavy atom. The summed E-state index contributed by atoms with van der Waals surface area (Å²) in [5.74, 6) is 0.987. The Hall–Kier alpha value is -2.09. The number of rotatable bonds is 5. The summed E-state index contributed by atoms with van der Waals surface area (Å²) in [7, 11) is 1.78. The largest absolute Gasteiger partial charge is 0.456 e. The van der Waals surface area contributed by atoms with E-state index in [0.29, 0.717) is 0 Å². The molecule has 1 aromatic heterocycles. The van der Waals surface area contributed by atoms with Crippen LogP contribution in [0.15, 0.2) is 39.8 Å². The summed E-state index contributed by atoms with van der Waals surface area (Å²) >= 11 is 0. The summed E-state index contributed by atoms with van der Waals surface area (Å²) in [5, 5.41) is 1.24. The summed E-state index contributed by atoms with van der Waals surface area (Å²) in [5.41, 5.74) is 4.85. The van der Waals surface area contributed by atoms with Gasteiger partial charge in [-0.1, -0.05) is 31.2 Å². The van der Waals surface area contributed by atoms with Crippen LogP contribution in [0.3, 0.4) is 0 Å². The van der Waals surface area contributed by atoms with E-state index < -0.39 is 0 Å². The number of nitrogens with zero attached hydrogens (tertiary/aromatic N) is 1. The van der Waals surface area contributed by atoms with Gasteiger partial charge in [-0.15, -0.1) is 0 Å². The molecule has 21 heavy (non-hydrogen) atoms. The summed E-state index contributed by atoms with van der Waals surface area (Å²) in [6.45, 7) is 6.33. The number of benzene rings is 1. The van der Waals surface area contributed by atoms with Gasteiger partial charge in [0.1, 0.15) is 11.3 Å². The van der Waals surface area contributed by atoms with Crippen molar-refractivity contribution in [2.24, 2.45) is 4.99 Å². The Labute approximate surface area is 126 Å². The normalized spacial score (nSPS) is 12.6. The van der Waals surface area contributed by atoms with Crippen LogP contribution < -0.4 is 0 Å². The van der Waals surface area contributed by atoms with Crippen LogP contribution in [0.1, 0.15) is 36.3 Å². The second-order valence-electron chi connectivity index (χ2n) is 5.08. The molecule has 0 saturated carbocycles. The summed E-state index contributed by atoms with van der Waals surface area (Å²) in [6, 6.07) is 4.37. The van der Waals surface area contributed by atoms with Gasteiger partial charge in [0, 0.05) is 29.8 Å². The Morgan fingerprint density at radius 2 is 2.05 bits per heavy atom. The molecule has 1 heterocycles. The van der Waals surface area contributed by atoms with E-state index in [4.69, 9.17) is 4.42 Å². The quantitative estimate of drug-likeness (QED) is 0.697. The molecule has 0 unspecified atom stereocenters. The zero-order valence-electron chi connectivity index (χ0n) is 13.3. The standard InChI is InChI=1S/C19H23NO/c1-5-9-18-15(6-2)17-12-11-14(3)16(19(17)21-18)10-7-8-13-20-4/h5,7-9,11-13H,6,10H2,1-4H3/b8-7-,9-5-,20-13?. The van der Waals surface area contributed by atoms with Crippen molar-refractivity contribution in [1.82, 2.24) is 0 Å². The molecule has 0 aliphatic heterocycles. The first kappa shape index (κ1) is 15.3. The average molecular weight is 281 g/mol. The monoisotopic (exact) mass is 281 g/mol. The van der Waals surface area contributed by atoms with E-state index in [2.05, 4.69) is 43.1 Å². The van der Waals surface area contributed by atoms with Gasteiger partial charge in [-0.25, -0.2) is 0 Å². The number of aliphatic imine (C=N–C) groups is 1. The fourth-order valence-electron chi connectivity index (χ4n) is 2.62. The molecule has 2 nitrogen and oxygen atoms in total. The van der Waals surface area contributed by atoms with Crippen LogP contribution in [-0.4, -0.2) is 13.3 Å². The van der Waals surface area contributed by atoms with E-state index in [9.17, 15) is 0 Å². The van der Waals surface area contributed by atoms with Crippen molar-refractivity contribution in [2.75, 3.05) is 7.05 Å². The number of hydrogen-bond acceptors (Lipinski definition) is 2. The van der Waals surface area contributed by atoms with Crippen molar-refractivity contribution in [3.8, 4) is 0 Å². The van der Waals surface area contributed by atoms with Crippen molar-refractivity contribution in [3.05, 3.63) is 52.8 Å². The Kier molecular flexibility index (Phi) is 5.15. The van der Waals surface area contributed by atoms with Crippen LogP contribution in [-0.2, 0) is 12.8 Å².